The number of ether oxygens (including phenoxy) is 1. The van der Waals surface area contributed by atoms with Crippen molar-refractivity contribution in [1.82, 2.24) is 4.90 Å². The lowest BCUT2D eigenvalue weighted by atomic mass is 10.00. The van der Waals surface area contributed by atoms with Crippen molar-refractivity contribution < 1.29 is 9.13 Å². The highest BCUT2D eigenvalue weighted by Gasteiger charge is 2.27. The molecule has 1 aromatic carbocycles. The molecule has 1 unspecified atom stereocenters. The van der Waals surface area contributed by atoms with E-state index in [1.807, 2.05) is 0 Å². The van der Waals surface area contributed by atoms with Crippen molar-refractivity contribution in [3.63, 3.8) is 0 Å². The van der Waals surface area contributed by atoms with Gasteiger partial charge in [-0.2, -0.15) is 0 Å². The van der Waals surface area contributed by atoms with Crippen LogP contribution in [0.4, 0.5) is 4.39 Å². The predicted molar refractivity (Wildman–Crippen MR) is 74.8 cm³/mol. The first-order valence-electron chi connectivity index (χ1n) is 6.58. The topological polar surface area (TPSA) is 38.5 Å². The largest absolute Gasteiger partial charge is 0.381 e. The molecule has 0 radical (unpaired) electrons. The Morgan fingerprint density at radius 2 is 2.16 bits per heavy atom. The third-order valence-corrected chi connectivity index (χ3v) is 4.11. The van der Waals surface area contributed by atoms with Crippen LogP contribution in [-0.4, -0.2) is 37.7 Å². The highest BCUT2D eigenvalue weighted by atomic mass is 35.5. The third kappa shape index (κ3) is 3.26. The second kappa shape index (κ2) is 6.66. The second-order valence-electron chi connectivity index (χ2n) is 4.87. The summed E-state index contributed by atoms with van der Waals surface area (Å²) < 4.78 is 19.4. The molecule has 0 amide bonds. The molecule has 1 fully saturated rings. The van der Waals surface area contributed by atoms with Crippen LogP contribution in [0.5, 0.6) is 0 Å². The molecule has 1 saturated heterocycles. The van der Waals surface area contributed by atoms with E-state index in [1.54, 1.807) is 25.3 Å². The van der Waals surface area contributed by atoms with Gasteiger partial charge in [0.15, 0.2) is 0 Å². The Morgan fingerprint density at radius 1 is 1.47 bits per heavy atom. The Balaban J connectivity index is 2.14. The van der Waals surface area contributed by atoms with Gasteiger partial charge in [0, 0.05) is 38.3 Å². The van der Waals surface area contributed by atoms with Gasteiger partial charge in [-0.1, -0.05) is 23.7 Å². The van der Waals surface area contributed by atoms with Crippen LogP contribution >= 0.6 is 11.6 Å². The summed E-state index contributed by atoms with van der Waals surface area (Å²) in [6.07, 6.45) is 2.21. The number of rotatable bonds is 4. The Hall–Kier alpha value is -0.680. The lowest BCUT2D eigenvalue weighted by Crippen LogP contribution is -2.42. The minimum absolute atomic E-state index is 0.114. The first-order valence-corrected chi connectivity index (χ1v) is 6.96. The number of likely N-dealkylation sites (tertiary alicyclic amines) is 1. The molecule has 0 aromatic heterocycles. The van der Waals surface area contributed by atoms with Gasteiger partial charge in [-0.15, -0.1) is 0 Å². The highest BCUT2D eigenvalue weighted by molar-refractivity contribution is 6.30. The summed E-state index contributed by atoms with van der Waals surface area (Å²) in [7, 11) is 1.73. The molecule has 0 aliphatic carbocycles. The molecule has 0 spiro atoms. The molecule has 1 heterocycles. The zero-order chi connectivity index (χ0) is 13.8. The molecule has 0 saturated carbocycles. The molecule has 1 atom stereocenters. The molecule has 0 bridgehead atoms. The molecule has 5 heteroatoms. The minimum Gasteiger partial charge on any atom is -0.381 e. The molecule has 19 heavy (non-hydrogen) atoms. The number of hydrogen-bond acceptors (Lipinski definition) is 3. The van der Waals surface area contributed by atoms with Gasteiger partial charge in [0.2, 0.25) is 0 Å². The fourth-order valence-electron chi connectivity index (χ4n) is 2.67. The number of piperidine rings is 1. The van der Waals surface area contributed by atoms with E-state index in [0.29, 0.717) is 18.2 Å². The summed E-state index contributed by atoms with van der Waals surface area (Å²) in [6, 6.07) is 4.98. The van der Waals surface area contributed by atoms with Crippen LogP contribution in [0.15, 0.2) is 18.2 Å². The second-order valence-corrected chi connectivity index (χ2v) is 5.27. The first-order chi connectivity index (χ1) is 9.17. The fraction of sp³-hybridized carbons (Fsp3) is 0.571. The number of nitrogens with two attached hydrogens (primary N) is 1. The van der Waals surface area contributed by atoms with E-state index in [4.69, 9.17) is 22.1 Å². The zero-order valence-corrected chi connectivity index (χ0v) is 11.9. The first kappa shape index (κ1) is 14.7. The lowest BCUT2D eigenvalue weighted by Gasteiger charge is -2.37. The quantitative estimate of drug-likeness (QED) is 0.925. The van der Waals surface area contributed by atoms with Crippen LogP contribution in [-0.2, 0) is 4.74 Å². The molecule has 1 aliphatic heterocycles. The maximum Gasteiger partial charge on any atom is 0.146 e. The van der Waals surface area contributed by atoms with Crippen molar-refractivity contribution in [1.29, 1.82) is 0 Å². The molecular formula is C14H20ClFN2O. The average Bonchev–Trinajstić information content (AvgIpc) is 2.45. The van der Waals surface area contributed by atoms with Gasteiger partial charge in [-0.25, -0.2) is 4.39 Å². The van der Waals surface area contributed by atoms with Crippen LogP contribution in [0.3, 0.4) is 0 Å². The number of nitrogens with zero attached hydrogens (tertiary/aromatic N) is 1. The van der Waals surface area contributed by atoms with Gasteiger partial charge in [-0.3, -0.25) is 4.90 Å². The molecule has 3 nitrogen and oxygen atoms in total. The Morgan fingerprint density at radius 3 is 2.74 bits per heavy atom. The number of benzene rings is 1. The van der Waals surface area contributed by atoms with Gasteiger partial charge in [0.05, 0.1) is 11.1 Å². The smallest absolute Gasteiger partial charge is 0.146 e. The number of methoxy groups -OCH3 is 1. The standard InChI is InChI=1S/C14H20ClFN2O/c1-19-10-5-7-18(8-6-10)13(9-17)11-3-2-4-12(15)14(11)16/h2-4,10,13H,5-9,17H2,1H3. The lowest BCUT2D eigenvalue weighted by molar-refractivity contribution is 0.0276. The monoisotopic (exact) mass is 286 g/mol. The van der Waals surface area contributed by atoms with Gasteiger partial charge in [0.1, 0.15) is 5.82 Å². The SMILES string of the molecule is COC1CCN(C(CN)c2cccc(Cl)c2F)CC1. The van der Waals surface area contributed by atoms with Crippen molar-refractivity contribution in [2.24, 2.45) is 5.73 Å². The van der Waals surface area contributed by atoms with E-state index in [1.165, 1.54) is 0 Å². The van der Waals surface area contributed by atoms with E-state index in [9.17, 15) is 4.39 Å². The zero-order valence-electron chi connectivity index (χ0n) is 11.1. The predicted octanol–water partition coefficient (Wildman–Crippen LogP) is 2.59. The highest BCUT2D eigenvalue weighted by Crippen LogP contribution is 2.29. The van der Waals surface area contributed by atoms with Crippen molar-refractivity contribution >= 4 is 11.6 Å². The maximum atomic E-state index is 14.1. The third-order valence-electron chi connectivity index (χ3n) is 3.81. The van der Waals surface area contributed by atoms with Crippen molar-refractivity contribution in [2.75, 3.05) is 26.7 Å². The van der Waals surface area contributed by atoms with E-state index >= 15 is 0 Å². The van der Waals surface area contributed by atoms with E-state index in [0.717, 1.165) is 25.9 Å². The van der Waals surface area contributed by atoms with E-state index in [-0.39, 0.29) is 16.9 Å². The fourth-order valence-corrected chi connectivity index (χ4v) is 2.86. The molecular weight excluding hydrogens is 267 g/mol. The van der Waals surface area contributed by atoms with Gasteiger partial charge >= 0.3 is 0 Å². The van der Waals surface area contributed by atoms with Crippen molar-refractivity contribution in [2.45, 2.75) is 25.0 Å². The van der Waals surface area contributed by atoms with Crippen LogP contribution in [0, 0.1) is 5.82 Å². The van der Waals surface area contributed by atoms with Gasteiger partial charge in [-0.05, 0) is 18.9 Å². The molecule has 2 N–H and O–H groups in total. The van der Waals surface area contributed by atoms with Crippen LogP contribution in [0.2, 0.25) is 5.02 Å². The van der Waals surface area contributed by atoms with Gasteiger partial charge < -0.3 is 10.5 Å². The molecule has 106 valence electrons. The molecule has 1 aliphatic rings. The summed E-state index contributed by atoms with van der Waals surface area (Å²) in [5, 5.41) is 0.155. The summed E-state index contributed by atoms with van der Waals surface area (Å²) in [5.41, 5.74) is 6.43. The van der Waals surface area contributed by atoms with E-state index < -0.39 is 0 Å². The van der Waals surface area contributed by atoms with Gasteiger partial charge in [0.25, 0.3) is 0 Å². The molecule has 1 aromatic rings. The molecule has 2 rings (SSSR count). The normalized spacial score (nSPS) is 19.6. The summed E-state index contributed by atoms with van der Waals surface area (Å²) >= 11 is 5.85. The van der Waals surface area contributed by atoms with E-state index in [2.05, 4.69) is 4.90 Å². The Bertz CT molecular complexity index is 422. The maximum absolute atomic E-state index is 14.1. The van der Waals surface area contributed by atoms with Crippen LogP contribution in [0.1, 0.15) is 24.4 Å². The van der Waals surface area contributed by atoms with Crippen molar-refractivity contribution in [3.05, 3.63) is 34.6 Å². The summed E-state index contributed by atoms with van der Waals surface area (Å²) in [5.74, 6) is -0.353. The van der Waals surface area contributed by atoms with Crippen LogP contribution in [0.25, 0.3) is 0 Å². The summed E-state index contributed by atoms with van der Waals surface area (Å²) in [6.45, 7) is 2.12. The van der Waals surface area contributed by atoms with Crippen molar-refractivity contribution in [3.8, 4) is 0 Å². The minimum atomic E-state index is -0.353. The Kier molecular flexibility index (Phi) is 5.16. The average molecular weight is 287 g/mol. The number of hydrogen-bond donors (Lipinski definition) is 1. The number of halogens is 2. The summed E-state index contributed by atoms with van der Waals surface area (Å²) in [4.78, 5) is 2.21. The Labute approximate surface area is 118 Å². The van der Waals surface area contributed by atoms with Crippen LogP contribution < -0.4 is 5.73 Å².